The van der Waals surface area contributed by atoms with Gasteiger partial charge in [0.05, 0.1) is 0 Å². The molecule has 100 valence electrons. The van der Waals surface area contributed by atoms with Crippen LogP contribution in [-0.2, 0) is 6.42 Å². The SMILES string of the molecule is Fc1cc(Br)cc(CC(CCl)c2cccc(Br)c2)c1. The van der Waals surface area contributed by atoms with Crippen molar-refractivity contribution in [1.29, 1.82) is 0 Å². The van der Waals surface area contributed by atoms with Crippen molar-refractivity contribution in [1.82, 2.24) is 0 Å². The van der Waals surface area contributed by atoms with E-state index in [0.717, 1.165) is 26.5 Å². The molecule has 0 spiro atoms. The van der Waals surface area contributed by atoms with Crippen LogP contribution in [0.2, 0.25) is 0 Å². The zero-order valence-electron chi connectivity index (χ0n) is 10.0. The molecule has 2 aromatic rings. The quantitative estimate of drug-likeness (QED) is 0.553. The molecule has 0 saturated heterocycles. The summed E-state index contributed by atoms with van der Waals surface area (Å²) in [7, 11) is 0. The topological polar surface area (TPSA) is 0 Å². The third-order valence-electron chi connectivity index (χ3n) is 2.91. The van der Waals surface area contributed by atoms with Crippen LogP contribution < -0.4 is 0 Å². The molecule has 0 saturated carbocycles. The van der Waals surface area contributed by atoms with Crippen molar-refractivity contribution in [3.05, 3.63) is 68.4 Å². The average molecular weight is 407 g/mol. The van der Waals surface area contributed by atoms with Gasteiger partial charge in [-0.3, -0.25) is 0 Å². The molecule has 0 bridgehead atoms. The lowest BCUT2D eigenvalue weighted by Crippen LogP contribution is -2.05. The van der Waals surface area contributed by atoms with Gasteiger partial charge >= 0.3 is 0 Å². The Morgan fingerprint density at radius 3 is 2.47 bits per heavy atom. The molecule has 0 aliphatic rings. The maximum Gasteiger partial charge on any atom is 0.124 e. The smallest absolute Gasteiger partial charge is 0.124 e. The van der Waals surface area contributed by atoms with Crippen LogP contribution >= 0.6 is 43.5 Å². The van der Waals surface area contributed by atoms with Crippen LogP contribution in [0.5, 0.6) is 0 Å². The predicted octanol–water partition coefficient (Wildman–Crippen LogP) is 5.92. The fraction of sp³-hybridized carbons (Fsp3) is 0.200. The van der Waals surface area contributed by atoms with E-state index in [4.69, 9.17) is 11.6 Å². The molecule has 0 aliphatic carbocycles. The van der Waals surface area contributed by atoms with Crippen molar-refractivity contribution in [2.75, 3.05) is 5.88 Å². The van der Waals surface area contributed by atoms with Gasteiger partial charge in [-0.05, 0) is 47.9 Å². The second-order valence-corrected chi connectivity index (χ2v) is 6.53. The third-order valence-corrected chi connectivity index (χ3v) is 4.23. The van der Waals surface area contributed by atoms with Gasteiger partial charge in [-0.1, -0.05) is 44.0 Å². The first-order valence-electron chi connectivity index (χ1n) is 5.85. The molecule has 0 nitrogen and oxygen atoms in total. The lowest BCUT2D eigenvalue weighted by molar-refractivity contribution is 0.622. The van der Waals surface area contributed by atoms with Crippen molar-refractivity contribution >= 4 is 43.5 Å². The van der Waals surface area contributed by atoms with Crippen LogP contribution in [0, 0.1) is 5.82 Å². The van der Waals surface area contributed by atoms with E-state index < -0.39 is 0 Å². The molecule has 0 aromatic heterocycles. The molecule has 0 amide bonds. The van der Waals surface area contributed by atoms with Gasteiger partial charge in [0.1, 0.15) is 5.82 Å². The van der Waals surface area contributed by atoms with Crippen LogP contribution in [0.3, 0.4) is 0 Å². The minimum absolute atomic E-state index is 0.174. The zero-order chi connectivity index (χ0) is 13.8. The maximum atomic E-state index is 13.4. The number of hydrogen-bond donors (Lipinski definition) is 0. The van der Waals surface area contributed by atoms with Gasteiger partial charge < -0.3 is 0 Å². The summed E-state index contributed by atoms with van der Waals surface area (Å²) in [6.45, 7) is 0. The minimum atomic E-state index is -0.230. The normalized spacial score (nSPS) is 12.4. The Morgan fingerprint density at radius 1 is 1.05 bits per heavy atom. The number of hydrogen-bond acceptors (Lipinski definition) is 0. The Kier molecular flexibility index (Phi) is 5.43. The summed E-state index contributed by atoms with van der Waals surface area (Å²) < 4.78 is 15.2. The lowest BCUT2D eigenvalue weighted by Gasteiger charge is -2.15. The van der Waals surface area contributed by atoms with Gasteiger partial charge in [0, 0.05) is 20.7 Å². The van der Waals surface area contributed by atoms with E-state index in [1.54, 1.807) is 6.07 Å². The average Bonchev–Trinajstić information content (AvgIpc) is 2.34. The summed E-state index contributed by atoms with van der Waals surface area (Å²) in [5, 5.41) is 0. The van der Waals surface area contributed by atoms with Gasteiger partial charge in [0.15, 0.2) is 0 Å². The van der Waals surface area contributed by atoms with Gasteiger partial charge in [-0.15, -0.1) is 11.6 Å². The number of halogens is 4. The second kappa shape index (κ2) is 6.87. The number of rotatable bonds is 4. The Labute approximate surface area is 134 Å². The van der Waals surface area contributed by atoms with E-state index in [1.165, 1.54) is 6.07 Å². The van der Waals surface area contributed by atoms with Crippen molar-refractivity contribution < 1.29 is 4.39 Å². The molecule has 0 heterocycles. The zero-order valence-corrected chi connectivity index (χ0v) is 14.0. The maximum absolute atomic E-state index is 13.4. The lowest BCUT2D eigenvalue weighted by atomic mass is 9.93. The summed E-state index contributed by atoms with van der Waals surface area (Å²) in [6, 6.07) is 13.0. The highest BCUT2D eigenvalue weighted by Gasteiger charge is 2.12. The number of alkyl halides is 1. The molecule has 0 radical (unpaired) electrons. The molecule has 1 unspecified atom stereocenters. The summed E-state index contributed by atoms with van der Waals surface area (Å²) in [6.07, 6.45) is 0.719. The Balaban J connectivity index is 2.23. The van der Waals surface area contributed by atoms with E-state index in [0.29, 0.717) is 5.88 Å². The van der Waals surface area contributed by atoms with E-state index >= 15 is 0 Å². The van der Waals surface area contributed by atoms with Crippen LogP contribution in [0.4, 0.5) is 4.39 Å². The Hall–Kier alpha value is -0.380. The molecule has 2 rings (SSSR count). The molecule has 0 aliphatic heterocycles. The van der Waals surface area contributed by atoms with Crippen molar-refractivity contribution in [3.8, 4) is 0 Å². The largest absolute Gasteiger partial charge is 0.207 e. The van der Waals surface area contributed by atoms with E-state index in [2.05, 4.69) is 37.9 Å². The fourth-order valence-corrected chi connectivity index (χ4v) is 3.25. The van der Waals surface area contributed by atoms with Gasteiger partial charge in [0.2, 0.25) is 0 Å². The van der Waals surface area contributed by atoms with Gasteiger partial charge in [-0.2, -0.15) is 0 Å². The molecule has 0 N–H and O–H groups in total. The van der Waals surface area contributed by atoms with E-state index in [9.17, 15) is 4.39 Å². The third kappa shape index (κ3) is 4.30. The van der Waals surface area contributed by atoms with Crippen LogP contribution in [0.25, 0.3) is 0 Å². The first-order chi connectivity index (χ1) is 9.08. The summed E-state index contributed by atoms with van der Waals surface area (Å²) >= 11 is 12.8. The van der Waals surface area contributed by atoms with E-state index in [-0.39, 0.29) is 11.7 Å². The molecule has 2 aromatic carbocycles. The standard InChI is InChI=1S/C15H12Br2ClF/c16-13-3-1-2-11(7-13)12(9-18)4-10-5-14(17)8-15(19)6-10/h1-3,5-8,12H,4,9H2. The molecule has 4 heteroatoms. The highest BCUT2D eigenvalue weighted by molar-refractivity contribution is 9.10. The highest BCUT2D eigenvalue weighted by atomic mass is 79.9. The van der Waals surface area contributed by atoms with Crippen molar-refractivity contribution in [3.63, 3.8) is 0 Å². The van der Waals surface area contributed by atoms with Crippen LogP contribution in [0.1, 0.15) is 17.0 Å². The van der Waals surface area contributed by atoms with Gasteiger partial charge in [0.25, 0.3) is 0 Å². The molecular weight excluding hydrogens is 394 g/mol. The summed E-state index contributed by atoms with van der Waals surface area (Å²) in [4.78, 5) is 0. The van der Waals surface area contributed by atoms with Gasteiger partial charge in [-0.25, -0.2) is 4.39 Å². The second-order valence-electron chi connectivity index (χ2n) is 4.39. The fourth-order valence-electron chi connectivity index (χ4n) is 2.04. The predicted molar refractivity (Wildman–Crippen MR) is 85.4 cm³/mol. The monoisotopic (exact) mass is 404 g/mol. The summed E-state index contributed by atoms with van der Waals surface area (Å²) in [5.41, 5.74) is 2.10. The van der Waals surface area contributed by atoms with Crippen LogP contribution in [-0.4, -0.2) is 5.88 Å². The van der Waals surface area contributed by atoms with Crippen molar-refractivity contribution in [2.45, 2.75) is 12.3 Å². The highest BCUT2D eigenvalue weighted by Crippen LogP contribution is 2.26. The van der Waals surface area contributed by atoms with Crippen LogP contribution in [0.15, 0.2) is 51.4 Å². The number of benzene rings is 2. The molecule has 1 atom stereocenters. The molecule has 0 fully saturated rings. The Bertz CT molecular complexity index is 552. The Morgan fingerprint density at radius 2 is 1.84 bits per heavy atom. The first kappa shape index (κ1) is 15.0. The first-order valence-corrected chi connectivity index (χ1v) is 7.97. The van der Waals surface area contributed by atoms with Crippen molar-refractivity contribution in [2.24, 2.45) is 0 Å². The minimum Gasteiger partial charge on any atom is -0.207 e. The van der Waals surface area contributed by atoms with E-state index in [1.807, 2.05) is 24.3 Å². The summed E-state index contributed by atoms with van der Waals surface area (Å²) in [5.74, 6) is 0.449. The molecular formula is C15H12Br2ClF. The molecule has 19 heavy (non-hydrogen) atoms.